The molecule has 3 atom stereocenters. The van der Waals surface area contributed by atoms with Crippen molar-refractivity contribution in [2.45, 2.75) is 63.5 Å². The first kappa shape index (κ1) is 13.8. The highest BCUT2D eigenvalue weighted by molar-refractivity contribution is 5.04. The third-order valence-electron chi connectivity index (χ3n) is 5.39. The van der Waals surface area contributed by atoms with Crippen LogP contribution in [0.5, 0.6) is 0 Å². The highest BCUT2D eigenvalue weighted by Gasteiger charge is 2.49. The molecule has 0 bridgehead atoms. The molecule has 110 valence electrons. The van der Waals surface area contributed by atoms with Crippen LogP contribution in [-0.2, 0) is 9.47 Å². The third kappa shape index (κ3) is 2.70. The van der Waals surface area contributed by atoms with Crippen LogP contribution in [0.3, 0.4) is 0 Å². The number of rotatable bonds is 3. The lowest BCUT2D eigenvalue weighted by Gasteiger charge is -2.46. The van der Waals surface area contributed by atoms with Gasteiger partial charge in [0.25, 0.3) is 0 Å². The molecule has 3 rings (SSSR count). The fourth-order valence-corrected chi connectivity index (χ4v) is 4.61. The zero-order valence-corrected chi connectivity index (χ0v) is 12.5. The summed E-state index contributed by atoms with van der Waals surface area (Å²) in [6.07, 6.45) is 7.53. The van der Waals surface area contributed by atoms with Gasteiger partial charge in [-0.1, -0.05) is 13.8 Å². The van der Waals surface area contributed by atoms with Crippen molar-refractivity contribution in [2.75, 3.05) is 26.4 Å². The molecule has 0 amide bonds. The predicted octanol–water partition coefficient (Wildman–Crippen LogP) is 2.74. The minimum Gasteiger partial charge on any atom is -0.378 e. The first-order chi connectivity index (χ1) is 9.14. The maximum atomic E-state index is 6.11. The Bertz CT molecular complexity index is 304. The van der Waals surface area contributed by atoms with Crippen LogP contribution in [0.2, 0.25) is 0 Å². The van der Waals surface area contributed by atoms with E-state index in [1.54, 1.807) is 0 Å². The largest absolute Gasteiger partial charge is 0.378 e. The van der Waals surface area contributed by atoms with Gasteiger partial charge in [-0.15, -0.1) is 0 Å². The van der Waals surface area contributed by atoms with Crippen molar-refractivity contribution in [2.24, 2.45) is 11.8 Å². The molecule has 3 aliphatic heterocycles. The molecule has 3 heterocycles. The molecular formula is C16H29NO2. The van der Waals surface area contributed by atoms with Crippen molar-refractivity contribution in [3.63, 3.8) is 0 Å². The van der Waals surface area contributed by atoms with Gasteiger partial charge in [0.1, 0.15) is 0 Å². The lowest BCUT2D eigenvalue weighted by Crippen LogP contribution is -2.54. The summed E-state index contributed by atoms with van der Waals surface area (Å²) in [7, 11) is 0. The van der Waals surface area contributed by atoms with E-state index in [1.807, 2.05) is 0 Å². The summed E-state index contributed by atoms with van der Waals surface area (Å²) in [6, 6.07) is 0. The van der Waals surface area contributed by atoms with Crippen LogP contribution in [0.1, 0.15) is 52.4 Å². The third-order valence-corrected chi connectivity index (χ3v) is 5.39. The van der Waals surface area contributed by atoms with Gasteiger partial charge in [0, 0.05) is 25.2 Å². The van der Waals surface area contributed by atoms with Crippen LogP contribution in [0, 0.1) is 11.8 Å². The van der Waals surface area contributed by atoms with E-state index in [-0.39, 0.29) is 5.60 Å². The van der Waals surface area contributed by atoms with Gasteiger partial charge in [0.2, 0.25) is 0 Å². The standard InChI is InChI=1S/C16H29NO2/c1-13(2)10-16(5-3-7-17-16)14-4-8-19-15(11-14)6-9-18-12-15/h13-14,17H,3-12H2,1-2H3. The normalized spacial score (nSPS) is 43.4. The second-order valence-corrected chi connectivity index (χ2v) is 7.31. The van der Waals surface area contributed by atoms with Gasteiger partial charge >= 0.3 is 0 Å². The summed E-state index contributed by atoms with van der Waals surface area (Å²) < 4.78 is 11.7. The first-order valence-corrected chi connectivity index (χ1v) is 8.11. The van der Waals surface area contributed by atoms with E-state index < -0.39 is 0 Å². The number of ether oxygens (including phenoxy) is 2. The Morgan fingerprint density at radius 2 is 2.16 bits per heavy atom. The Hall–Kier alpha value is -0.120. The molecule has 0 aromatic rings. The van der Waals surface area contributed by atoms with Crippen molar-refractivity contribution in [3.8, 4) is 0 Å². The minimum absolute atomic E-state index is 0.0527. The Kier molecular flexibility index (Phi) is 3.89. The SMILES string of the molecule is CC(C)CC1(C2CCOC3(CCOC3)C2)CCCN1. The van der Waals surface area contributed by atoms with E-state index in [9.17, 15) is 0 Å². The molecule has 3 aliphatic rings. The molecule has 3 saturated heterocycles. The van der Waals surface area contributed by atoms with E-state index in [0.717, 1.165) is 38.1 Å². The highest BCUT2D eigenvalue weighted by atomic mass is 16.6. The topological polar surface area (TPSA) is 30.5 Å². The summed E-state index contributed by atoms with van der Waals surface area (Å²) in [6.45, 7) is 8.55. The van der Waals surface area contributed by atoms with Crippen LogP contribution in [0.4, 0.5) is 0 Å². The van der Waals surface area contributed by atoms with Gasteiger partial charge in [-0.05, 0) is 50.5 Å². The van der Waals surface area contributed by atoms with Crippen LogP contribution >= 0.6 is 0 Å². The van der Waals surface area contributed by atoms with Gasteiger partial charge in [-0.3, -0.25) is 0 Å². The van der Waals surface area contributed by atoms with Crippen LogP contribution in [-0.4, -0.2) is 37.5 Å². The number of nitrogens with one attached hydrogen (secondary N) is 1. The van der Waals surface area contributed by atoms with Gasteiger partial charge < -0.3 is 14.8 Å². The second kappa shape index (κ2) is 5.34. The smallest absolute Gasteiger partial charge is 0.0940 e. The molecule has 3 fully saturated rings. The van der Waals surface area contributed by atoms with E-state index in [4.69, 9.17) is 9.47 Å². The van der Waals surface area contributed by atoms with E-state index in [2.05, 4.69) is 19.2 Å². The van der Waals surface area contributed by atoms with E-state index >= 15 is 0 Å². The molecule has 0 radical (unpaired) electrons. The summed E-state index contributed by atoms with van der Waals surface area (Å²) in [4.78, 5) is 0. The summed E-state index contributed by atoms with van der Waals surface area (Å²) in [5.41, 5.74) is 0.435. The molecule has 0 aromatic heterocycles. The molecular weight excluding hydrogens is 238 g/mol. The fourth-order valence-electron chi connectivity index (χ4n) is 4.61. The molecule has 0 saturated carbocycles. The van der Waals surface area contributed by atoms with Crippen molar-refractivity contribution in [3.05, 3.63) is 0 Å². The van der Waals surface area contributed by atoms with E-state index in [1.165, 1.54) is 38.6 Å². The molecule has 3 unspecified atom stereocenters. The van der Waals surface area contributed by atoms with Crippen LogP contribution in [0.25, 0.3) is 0 Å². The molecule has 0 aromatic carbocycles. The minimum atomic E-state index is 0.0527. The van der Waals surface area contributed by atoms with Crippen molar-refractivity contribution < 1.29 is 9.47 Å². The molecule has 3 heteroatoms. The van der Waals surface area contributed by atoms with Gasteiger partial charge in [-0.25, -0.2) is 0 Å². The molecule has 0 aliphatic carbocycles. The van der Waals surface area contributed by atoms with E-state index in [0.29, 0.717) is 5.54 Å². The van der Waals surface area contributed by atoms with Gasteiger partial charge in [0.05, 0.1) is 12.2 Å². The number of hydrogen-bond donors (Lipinski definition) is 1. The summed E-state index contributed by atoms with van der Waals surface area (Å²) >= 11 is 0. The lowest BCUT2D eigenvalue weighted by atomic mass is 9.69. The summed E-state index contributed by atoms with van der Waals surface area (Å²) in [5.74, 6) is 1.54. The summed E-state index contributed by atoms with van der Waals surface area (Å²) in [5, 5.41) is 3.88. The molecule has 19 heavy (non-hydrogen) atoms. The Labute approximate surface area is 117 Å². The van der Waals surface area contributed by atoms with Crippen LogP contribution < -0.4 is 5.32 Å². The van der Waals surface area contributed by atoms with Crippen LogP contribution in [0.15, 0.2) is 0 Å². The zero-order chi connectivity index (χ0) is 13.3. The maximum Gasteiger partial charge on any atom is 0.0940 e. The lowest BCUT2D eigenvalue weighted by molar-refractivity contribution is -0.112. The average Bonchev–Trinajstić information content (AvgIpc) is 3.00. The first-order valence-electron chi connectivity index (χ1n) is 8.11. The Morgan fingerprint density at radius 3 is 2.79 bits per heavy atom. The van der Waals surface area contributed by atoms with Crippen molar-refractivity contribution >= 4 is 0 Å². The second-order valence-electron chi connectivity index (χ2n) is 7.31. The Balaban J connectivity index is 1.74. The Morgan fingerprint density at radius 1 is 1.26 bits per heavy atom. The molecule has 1 N–H and O–H groups in total. The van der Waals surface area contributed by atoms with Gasteiger partial charge in [-0.2, -0.15) is 0 Å². The van der Waals surface area contributed by atoms with Crippen molar-refractivity contribution in [1.29, 1.82) is 0 Å². The average molecular weight is 267 g/mol. The monoisotopic (exact) mass is 267 g/mol. The predicted molar refractivity (Wildman–Crippen MR) is 76.3 cm³/mol. The zero-order valence-electron chi connectivity index (χ0n) is 12.5. The molecule has 3 nitrogen and oxygen atoms in total. The highest BCUT2D eigenvalue weighted by Crippen LogP contribution is 2.45. The fraction of sp³-hybridized carbons (Fsp3) is 1.00. The van der Waals surface area contributed by atoms with Crippen molar-refractivity contribution in [1.82, 2.24) is 5.32 Å². The quantitative estimate of drug-likeness (QED) is 0.853. The number of hydrogen-bond acceptors (Lipinski definition) is 3. The van der Waals surface area contributed by atoms with Gasteiger partial charge in [0.15, 0.2) is 0 Å². The molecule has 1 spiro atoms. The maximum absolute atomic E-state index is 6.11.